The van der Waals surface area contributed by atoms with Gasteiger partial charge >= 0.3 is 0 Å². The normalized spacial score (nSPS) is 11.8. The van der Waals surface area contributed by atoms with E-state index in [1.807, 2.05) is 36.4 Å². The summed E-state index contributed by atoms with van der Waals surface area (Å²) < 4.78 is 13.2. The average molecular weight is 430 g/mol. The van der Waals surface area contributed by atoms with Crippen LogP contribution in [-0.4, -0.2) is 38.8 Å². The molecule has 7 heteroatoms. The number of nitrogens with one attached hydrogen (secondary N) is 2. The summed E-state index contributed by atoms with van der Waals surface area (Å²) in [4.78, 5) is 17.4. The Bertz CT molecular complexity index is 1180. The quantitative estimate of drug-likeness (QED) is 0.394. The maximum atomic E-state index is 13.2. The van der Waals surface area contributed by atoms with Gasteiger partial charge in [-0.3, -0.25) is 14.9 Å². The molecule has 2 aromatic heterocycles. The topological polar surface area (TPSA) is 90.9 Å². The lowest BCUT2D eigenvalue weighted by Gasteiger charge is -2.18. The second kappa shape index (κ2) is 9.98. The van der Waals surface area contributed by atoms with Crippen LogP contribution in [0.1, 0.15) is 22.5 Å². The molecule has 2 aromatic carbocycles. The SMILES string of the molecule is O=C(N[C@@H](CCO)Cc1ccccn1)c1ccccc1-c1cc(-c2ccc(F)cc2)[nH]n1. The van der Waals surface area contributed by atoms with E-state index in [4.69, 9.17) is 0 Å². The Kier molecular flexibility index (Phi) is 6.67. The van der Waals surface area contributed by atoms with Gasteiger partial charge in [0.15, 0.2) is 0 Å². The van der Waals surface area contributed by atoms with Crippen LogP contribution >= 0.6 is 0 Å². The number of carbonyl (C=O) groups excluding carboxylic acids is 1. The van der Waals surface area contributed by atoms with Crippen LogP contribution < -0.4 is 5.32 Å². The van der Waals surface area contributed by atoms with E-state index in [0.717, 1.165) is 17.0 Å². The minimum Gasteiger partial charge on any atom is -0.396 e. The number of hydrogen-bond donors (Lipinski definition) is 3. The Labute approximate surface area is 185 Å². The smallest absolute Gasteiger partial charge is 0.252 e. The third kappa shape index (κ3) is 5.07. The second-order valence-corrected chi connectivity index (χ2v) is 7.43. The van der Waals surface area contributed by atoms with Crippen molar-refractivity contribution in [3.63, 3.8) is 0 Å². The van der Waals surface area contributed by atoms with E-state index >= 15 is 0 Å². The number of aromatic nitrogens is 3. The lowest BCUT2D eigenvalue weighted by molar-refractivity contribution is 0.0930. The van der Waals surface area contributed by atoms with Crippen molar-refractivity contribution in [2.75, 3.05) is 6.61 Å². The second-order valence-electron chi connectivity index (χ2n) is 7.43. The Hall–Kier alpha value is -3.84. The monoisotopic (exact) mass is 430 g/mol. The minimum atomic E-state index is -0.307. The number of nitrogens with zero attached hydrogens (tertiary/aromatic N) is 2. The molecule has 6 nitrogen and oxygen atoms in total. The molecule has 0 aliphatic heterocycles. The molecule has 0 fully saturated rings. The number of benzene rings is 2. The summed E-state index contributed by atoms with van der Waals surface area (Å²) in [5.41, 5.74) is 4.13. The van der Waals surface area contributed by atoms with Gasteiger partial charge in [-0.05, 0) is 60.5 Å². The van der Waals surface area contributed by atoms with Gasteiger partial charge in [-0.25, -0.2) is 4.39 Å². The van der Waals surface area contributed by atoms with E-state index in [9.17, 15) is 14.3 Å². The number of pyridine rings is 1. The van der Waals surface area contributed by atoms with Gasteiger partial charge < -0.3 is 10.4 Å². The van der Waals surface area contributed by atoms with Crippen molar-refractivity contribution in [3.8, 4) is 22.5 Å². The lowest BCUT2D eigenvalue weighted by Crippen LogP contribution is -2.37. The lowest BCUT2D eigenvalue weighted by atomic mass is 10.0. The molecular weight excluding hydrogens is 407 g/mol. The fourth-order valence-electron chi connectivity index (χ4n) is 3.56. The van der Waals surface area contributed by atoms with Crippen LogP contribution in [0.2, 0.25) is 0 Å². The highest BCUT2D eigenvalue weighted by Crippen LogP contribution is 2.26. The molecule has 3 N–H and O–H groups in total. The highest BCUT2D eigenvalue weighted by molar-refractivity contribution is 6.00. The van der Waals surface area contributed by atoms with Crippen molar-refractivity contribution >= 4 is 5.91 Å². The highest BCUT2D eigenvalue weighted by atomic mass is 19.1. The van der Waals surface area contributed by atoms with E-state index in [1.54, 1.807) is 30.5 Å². The third-order valence-corrected chi connectivity index (χ3v) is 5.18. The molecule has 162 valence electrons. The molecular formula is C25H23FN4O2. The largest absolute Gasteiger partial charge is 0.396 e. The van der Waals surface area contributed by atoms with Crippen LogP contribution in [-0.2, 0) is 6.42 Å². The van der Waals surface area contributed by atoms with Crippen LogP contribution in [0.15, 0.2) is 79.0 Å². The fourth-order valence-corrected chi connectivity index (χ4v) is 3.56. The molecule has 0 saturated carbocycles. The van der Waals surface area contributed by atoms with Gasteiger partial charge in [0.1, 0.15) is 5.82 Å². The number of halogens is 1. The third-order valence-electron chi connectivity index (χ3n) is 5.18. The van der Waals surface area contributed by atoms with Crippen molar-refractivity contribution in [2.45, 2.75) is 18.9 Å². The first-order chi connectivity index (χ1) is 15.6. The van der Waals surface area contributed by atoms with Crippen LogP contribution in [0.5, 0.6) is 0 Å². The summed E-state index contributed by atoms with van der Waals surface area (Å²) in [6.07, 6.45) is 2.65. The van der Waals surface area contributed by atoms with Crippen molar-refractivity contribution in [1.29, 1.82) is 0 Å². The molecule has 4 rings (SSSR count). The van der Waals surface area contributed by atoms with Crippen molar-refractivity contribution < 1.29 is 14.3 Å². The predicted octanol–water partition coefficient (Wildman–Crippen LogP) is 4.00. The maximum absolute atomic E-state index is 13.2. The first kappa shape index (κ1) is 21.4. The first-order valence-electron chi connectivity index (χ1n) is 10.4. The van der Waals surface area contributed by atoms with Gasteiger partial charge in [0.05, 0.1) is 11.4 Å². The fraction of sp³-hybridized carbons (Fsp3) is 0.160. The maximum Gasteiger partial charge on any atom is 0.252 e. The van der Waals surface area contributed by atoms with E-state index in [-0.39, 0.29) is 24.4 Å². The number of hydrogen-bond acceptors (Lipinski definition) is 4. The summed E-state index contributed by atoms with van der Waals surface area (Å²) in [7, 11) is 0. The van der Waals surface area contributed by atoms with Crippen LogP contribution in [0.3, 0.4) is 0 Å². The summed E-state index contributed by atoms with van der Waals surface area (Å²) in [5.74, 6) is -0.556. The van der Waals surface area contributed by atoms with E-state index in [0.29, 0.717) is 29.7 Å². The van der Waals surface area contributed by atoms with Gasteiger partial charge in [-0.2, -0.15) is 5.10 Å². The summed E-state index contributed by atoms with van der Waals surface area (Å²) >= 11 is 0. The number of carbonyl (C=O) groups is 1. The average Bonchev–Trinajstić information content (AvgIpc) is 3.30. The van der Waals surface area contributed by atoms with Gasteiger partial charge in [-0.1, -0.05) is 24.3 Å². The van der Waals surface area contributed by atoms with Crippen LogP contribution in [0.4, 0.5) is 4.39 Å². The molecule has 0 aliphatic rings. The number of aromatic amines is 1. The Balaban J connectivity index is 1.56. The molecule has 0 radical (unpaired) electrons. The van der Waals surface area contributed by atoms with E-state index in [1.165, 1.54) is 12.1 Å². The van der Waals surface area contributed by atoms with E-state index < -0.39 is 0 Å². The minimum absolute atomic E-state index is 0.0418. The molecule has 1 atom stereocenters. The number of aliphatic hydroxyl groups is 1. The standard InChI is InChI=1S/C25H23FN4O2/c26-18-10-8-17(9-11-18)23-16-24(30-29-23)21-6-1-2-7-22(21)25(32)28-20(12-14-31)15-19-5-3-4-13-27-19/h1-11,13,16,20,31H,12,14-15H2,(H,28,32)(H,29,30)/t20-/m0/s1. The molecule has 0 spiro atoms. The number of H-pyrrole nitrogens is 1. The molecule has 0 unspecified atom stereocenters. The van der Waals surface area contributed by atoms with E-state index in [2.05, 4.69) is 20.5 Å². The zero-order chi connectivity index (χ0) is 22.3. The van der Waals surface area contributed by atoms with Crippen LogP contribution in [0, 0.1) is 5.82 Å². The van der Waals surface area contributed by atoms with Crippen molar-refractivity contribution in [1.82, 2.24) is 20.5 Å². The first-order valence-corrected chi connectivity index (χ1v) is 10.4. The Morgan fingerprint density at radius 3 is 2.59 bits per heavy atom. The van der Waals surface area contributed by atoms with Crippen molar-refractivity contribution in [3.05, 3.63) is 96.1 Å². The van der Waals surface area contributed by atoms with Crippen molar-refractivity contribution in [2.24, 2.45) is 0 Å². The molecule has 2 heterocycles. The zero-order valence-electron chi connectivity index (χ0n) is 17.3. The molecule has 1 amide bonds. The highest BCUT2D eigenvalue weighted by Gasteiger charge is 2.19. The summed E-state index contributed by atoms with van der Waals surface area (Å²) in [5, 5.41) is 19.8. The molecule has 4 aromatic rings. The summed E-state index contributed by atoms with van der Waals surface area (Å²) in [6.45, 7) is -0.0418. The molecule has 32 heavy (non-hydrogen) atoms. The van der Waals surface area contributed by atoms with Gasteiger partial charge in [0.25, 0.3) is 5.91 Å². The number of rotatable bonds is 8. The Morgan fingerprint density at radius 2 is 1.84 bits per heavy atom. The number of aliphatic hydroxyl groups excluding tert-OH is 1. The number of amides is 1. The van der Waals surface area contributed by atoms with Gasteiger partial charge in [0, 0.05) is 42.1 Å². The van der Waals surface area contributed by atoms with Gasteiger partial charge in [0.2, 0.25) is 0 Å². The molecule has 0 bridgehead atoms. The predicted molar refractivity (Wildman–Crippen MR) is 120 cm³/mol. The molecule has 0 saturated heterocycles. The molecule has 0 aliphatic carbocycles. The zero-order valence-corrected chi connectivity index (χ0v) is 17.3. The summed E-state index contributed by atoms with van der Waals surface area (Å²) in [6, 6.07) is 20.5. The Morgan fingerprint density at radius 1 is 1.06 bits per heavy atom. The van der Waals surface area contributed by atoms with Gasteiger partial charge in [-0.15, -0.1) is 0 Å². The van der Waals surface area contributed by atoms with Crippen LogP contribution in [0.25, 0.3) is 22.5 Å².